The summed E-state index contributed by atoms with van der Waals surface area (Å²) in [5, 5.41) is 0. The molecule has 2 heteroatoms. The maximum atomic E-state index is 6.07. The van der Waals surface area contributed by atoms with Crippen molar-refractivity contribution in [2.75, 3.05) is 6.61 Å². The monoisotopic (exact) mass is 261 g/mol. The van der Waals surface area contributed by atoms with Gasteiger partial charge in [-0.3, -0.25) is 0 Å². The summed E-state index contributed by atoms with van der Waals surface area (Å²) in [7, 11) is 0. The minimum atomic E-state index is 0.399. The van der Waals surface area contributed by atoms with Crippen LogP contribution in [0.15, 0.2) is 24.3 Å². The Labute approximate surface area is 117 Å². The van der Waals surface area contributed by atoms with Crippen LogP contribution in [0.4, 0.5) is 0 Å². The number of nitrogens with two attached hydrogens (primary N) is 1. The molecule has 1 fully saturated rings. The molecule has 3 unspecified atom stereocenters. The molecule has 1 saturated carbocycles. The second kappa shape index (κ2) is 6.95. The molecule has 1 aliphatic rings. The summed E-state index contributed by atoms with van der Waals surface area (Å²) in [6.45, 7) is 5.28. The topological polar surface area (TPSA) is 35.2 Å². The van der Waals surface area contributed by atoms with E-state index in [9.17, 15) is 0 Å². The Balaban J connectivity index is 1.77. The van der Waals surface area contributed by atoms with Gasteiger partial charge in [-0.2, -0.15) is 0 Å². The quantitative estimate of drug-likeness (QED) is 0.837. The van der Waals surface area contributed by atoms with Gasteiger partial charge >= 0.3 is 0 Å². The van der Waals surface area contributed by atoms with Gasteiger partial charge in [-0.25, -0.2) is 0 Å². The lowest BCUT2D eigenvalue weighted by Gasteiger charge is -2.16. The summed E-state index contributed by atoms with van der Waals surface area (Å²) >= 11 is 0. The van der Waals surface area contributed by atoms with Crippen LogP contribution in [0.1, 0.15) is 57.4 Å². The van der Waals surface area contributed by atoms with E-state index >= 15 is 0 Å². The van der Waals surface area contributed by atoms with Gasteiger partial charge in [0.15, 0.2) is 0 Å². The summed E-state index contributed by atoms with van der Waals surface area (Å²) in [6, 6.07) is 8.96. The van der Waals surface area contributed by atoms with Gasteiger partial charge in [-0.15, -0.1) is 0 Å². The molecule has 1 aromatic rings. The molecule has 0 bridgehead atoms. The van der Waals surface area contributed by atoms with Crippen molar-refractivity contribution >= 4 is 0 Å². The van der Waals surface area contributed by atoms with Crippen LogP contribution in [0.2, 0.25) is 0 Å². The molecule has 2 nitrogen and oxygen atoms in total. The number of rotatable bonds is 6. The van der Waals surface area contributed by atoms with Crippen molar-refractivity contribution in [1.29, 1.82) is 0 Å². The molecule has 0 heterocycles. The molecule has 0 radical (unpaired) electrons. The van der Waals surface area contributed by atoms with E-state index < -0.39 is 0 Å². The van der Waals surface area contributed by atoms with Crippen LogP contribution in [0.25, 0.3) is 0 Å². The summed E-state index contributed by atoms with van der Waals surface area (Å²) in [4.78, 5) is 0. The van der Waals surface area contributed by atoms with Gasteiger partial charge in [0.05, 0.1) is 6.61 Å². The van der Waals surface area contributed by atoms with Gasteiger partial charge in [-0.05, 0) is 55.2 Å². The average Bonchev–Trinajstić information content (AvgIpc) is 2.84. The van der Waals surface area contributed by atoms with Crippen LogP contribution >= 0.6 is 0 Å². The molecule has 1 aliphatic carbocycles. The Morgan fingerprint density at radius 3 is 2.58 bits per heavy atom. The highest BCUT2D eigenvalue weighted by Crippen LogP contribution is 2.27. The van der Waals surface area contributed by atoms with E-state index in [4.69, 9.17) is 10.5 Å². The molecule has 3 atom stereocenters. The Bertz CT molecular complexity index is 373. The van der Waals surface area contributed by atoms with Gasteiger partial charge in [0.1, 0.15) is 5.75 Å². The lowest BCUT2D eigenvalue weighted by atomic mass is 9.99. The molecular weight excluding hydrogens is 234 g/mol. The molecule has 0 aliphatic heterocycles. The summed E-state index contributed by atoms with van der Waals surface area (Å²) in [5.74, 6) is 2.28. The molecule has 1 aromatic carbocycles. The Hall–Kier alpha value is -1.02. The normalized spacial score (nSPS) is 24.4. The molecule has 19 heavy (non-hydrogen) atoms. The van der Waals surface area contributed by atoms with Crippen LogP contribution in [0.3, 0.4) is 0 Å². The first-order chi connectivity index (χ1) is 9.20. The van der Waals surface area contributed by atoms with Crippen LogP contribution < -0.4 is 10.5 Å². The van der Waals surface area contributed by atoms with Crippen LogP contribution in [-0.4, -0.2) is 12.6 Å². The lowest BCUT2D eigenvalue weighted by Crippen LogP contribution is -2.25. The fourth-order valence-corrected chi connectivity index (χ4v) is 2.88. The number of hydrogen-bond acceptors (Lipinski definition) is 2. The highest BCUT2D eigenvalue weighted by atomic mass is 16.5. The smallest absolute Gasteiger partial charge is 0.119 e. The molecular formula is C17H27NO. The van der Waals surface area contributed by atoms with Crippen molar-refractivity contribution in [3.05, 3.63) is 29.8 Å². The predicted molar refractivity (Wildman–Crippen MR) is 80.6 cm³/mol. The molecule has 0 amide bonds. The van der Waals surface area contributed by atoms with E-state index in [1.165, 1.54) is 31.2 Å². The van der Waals surface area contributed by atoms with Gasteiger partial charge in [0.2, 0.25) is 0 Å². The van der Waals surface area contributed by atoms with Crippen molar-refractivity contribution in [2.24, 2.45) is 11.7 Å². The minimum absolute atomic E-state index is 0.399. The predicted octanol–water partition coefficient (Wildman–Crippen LogP) is 4.10. The molecule has 0 saturated heterocycles. The fraction of sp³-hybridized carbons (Fsp3) is 0.647. The van der Waals surface area contributed by atoms with Crippen LogP contribution in [0, 0.1) is 5.92 Å². The average molecular weight is 261 g/mol. The van der Waals surface area contributed by atoms with Crippen LogP contribution in [-0.2, 0) is 0 Å². The summed E-state index contributed by atoms with van der Waals surface area (Å²) in [6.07, 6.45) is 6.02. The third-order valence-electron chi connectivity index (χ3n) is 4.54. The second-order valence-electron chi connectivity index (χ2n) is 5.87. The first-order valence-corrected chi connectivity index (χ1v) is 7.69. The first-order valence-electron chi connectivity index (χ1n) is 7.69. The summed E-state index contributed by atoms with van der Waals surface area (Å²) < 4.78 is 5.83. The molecule has 0 spiro atoms. The van der Waals surface area contributed by atoms with Crippen molar-refractivity contribution < 1.29 is 4.74 Å². The second-order valence-corrected chi connectivity index (χ2v) is 5.87. The number of hydrogen-bond donors (Lipinski definition) is 1. The van der Waals surface area contributed by atoms with E-state index in [1.54, 1.807) is 0 Å². The van der Waals surface area contributed by atoms with Gasteiger partial charge < -0.3 is 10.5 Å². The molecule has 2 N–H and O–H groups in total. The maximum Gasteiger partial charge on any atom is 0.119 e. The van der Waals surface area contributed by atoms with E-state index in [2.05, 4.69) is 38.1 Å². The van der Waals surface area contributed by atoms with Crippen molar-refractivity contribution in [3.8, 4) is 5.75 Å². The zero-order valence-electron chi connectivity index (χ0n) is 12.3. The fourth-order valence-electron chi connectivity index (χ4n) is 2.88. The van der Waals surface area contributed by atoms with E-state index in [0.717, 1.165) is 18.8 Å². The zero-order valence-corrected chi connectivity index (χ0v) is 12.3. The third-order valence-corrected chi connectivity index (χ3v) is 4.54. The largest absolute Gasteiger partial charge is 0.494 e. The molecule has 0 aromatic heterocycles. The lowest BCUT2D eigenvalue weighted by molar-refractivity contribution is 0.271. The molecule has 2 rings (SSSR count). The standard InChI is InChI=1S/C17H27NO/c1-3-13(2)14-7-9-16(10-8-14)19-12-11-15-5-4-6-17(15)18/h7-10,13,15,17H,3-6,11-12,18H2,1-2H3. The Morgan fingerprint density at radius 1 is 1.26 bits per heavy atom. The maximum absolute atomic E-state index is 6.07. The van der Waals surface area contributed by atoms with E-state index in [-0.39, 0.29) is 0 Å². The van der Waals surface area contributed by atoms with E-state index in [1.807, 2.05) is 0 Å². The molecule has 106 valence electrons. The Kier molecular flexibility index (Phi) is 5.26. The van der Waals surface area contributed by atoms with Crippen molar-refractivity contribution in [2.45, 2.75) is 57.9 Å². The van der Waals surface area contributed by atoms with Crippen molar-refractivity contribution in [3.63, 3.8) is 0 Å². The summed E-state index contributed by atoms with van der Waals surface area (Å²) in [5.41, 5.74) is 7.47. The highest BCUT2D eigenvalue weighted by molar-refractivity contribution is 5.29. The van der Waals surface area contributed by atoms with Crippen molar-refractivity contribution in [1.82, 2.24) is 0 Å². The minimum Gasteiger partial charge on any atom is -0.494 e. The number of benzene rings is 1. The zero-order chi connectivity index (χ0) is 13.7. The highest BCUT2D eigenvalue weighted by Gasteiger charge is 2.23. The SMILES string of the molecule is CCC(C)c1ccc(OCCC2CCCC2N)cc1. The first kappa shape index (κ1) is 14.4. The van der Waals surface area contributed by atoms with Gasteiger partial charge in [-0.1, -0.05) is 32.4 Å². The number of ether oxygens (including phenoxy) is 1. The van der Waals surface area contributed by atoms with E-state index in [0.29, 0.717) is 17.9 Å². The van der Waals surface area contributed by atoms with Crippen LogP contribution in [0.5, 0.6) is 5.75 Å². The third kappa shape index (κ3) is 3.97. The van der Waals surface area contributed by atoms with Gasteiger partial charge in [0.25, 0.3) is 0 Å². The van der Waals surface area contributed by atoms with Gasteiger partial charge in [0, 0.05) is 6.04 Å². The Morgan fingerprint density at radius 2 is 2.00 bits per heavy atom.